The Kier molecular flexibility index (Phi) is 7.82. The number of benzene rings is 1. The minimum Gasteiger partial charge on any atom is -0.362 e. The Balaban J connectivity index is 1.31. The minimum absolute atomic E-state index is 0.330. The SMILES string of the molecule is Cc1cc(Cl)cc(Cl)c1NC(=S)N[C@H]1CC[C@@H](Nc2nc3c(c(N(C)C)n2)CCCC3)CC1. The van der Waals surface area contributed by atoms with E-state index >= 15 is 0 Å². The van der Waals surface area contributed by atoms with Crippen LogP contribution in [0.2, 0.25) is 10.0 Å². The van der Waals surface area contributed by atoms with E-state index in [2.05, 4.69) is 34.9 Å². The van der Waals surface area contributed by atoms with Crippen molar-refractivity contribution in [1.82, 2.24) is 15.3 Å². The van der Waals surface area contributed by atoms with Crippen LogP contribution in [0, 0.1) is 6.92 Å². The molecular weight excluding hydrogens is 475 g/mol. The highest BCUT2D eigenvalue weighted by Crippen LogP contribution is 2.31. The third kappa shape index (κ3) is 6.00. The fourth-order valence-electron chi connectivity index (χ4n) is 4.77. The van der Waals surface area contributed by atoms with Crippen LogP contribution in [0.15, 0.2) is 12.1 Å². The van der Waals surface area contributed by atoms with Crippen LogP contribution >= 0.6 is 35.4 Å². The Morgan fingerprint density at radius 3 is 2.42 bits per heavy atom. The Hall–Kier alpha value is -1.83. The van der Waals surface area contributed by atoms with Crippen LogP contribution in [0.1, 0.15) is 55.3 Å². The van der Waals surface area contributed by atoms with Crippen LogP contribution in [0.3, 0.4) is 0 Å². The number of aromatic nitrogens is 2. The molecule has 0 radical (unpaired) electrons. The van der Waals surface area contributed by atoms with Gasteiger partial charge in [-0.05, 0) is 88.2 Å². The molecule has 2 aromatic rings. The van der Waals surface area contributed by atoms with E-state index in [0.717, 1.165) is 61.5 Å². The van der Waals surface area contributed by atoms with Crippen molar-refractivity contribution in [2.45, 2.75) is 70.4 Å². The second kappa shape index (κ2) is 10.6. The van der Waals surface area contributed by atoms with Crippen molar-refractivity contribution in [3.05, 3.63) is 39.0 Å². The summed E-state index contributed by atoms with van der Waals surface area (Å²) in [6, 6.07) is 4.30. The minimum atomic E-state index is 0.330. The molecule has 4 rings (SSSR count). The van der Waals surface area contributed by atoms with Crippen molar-refractivity contribution in [1.29, 1.82) is 0 Å². The summed E-state index contributed by atoms with van der Waals surface area (Å²) in [5.74, 6) is 1.82. The number of nitrogens with one attached hydrogen (secondary N) is 3. The Labute approximate surface area is 211 Å². The van der Waals surface area contributed by atoms with Crippen LogP contribution in [0.4, 0.5) is 17.5 Å². The van der Waals surface area contributed by atoms with Crippen molar-refractivity contribution >= 4 is 58.0 Å². The van der Waals surface area contributed by atoms with Gasteiger partial charge in [-0.3, -0.25) is 0 Å². The first-order chi connectivity index (χ1) is 15.8. The molecule has 2 aliphatic rings. The number of hydrogen-bond acceptors (Lipinski definition) is 5. The molecule has 2 aliphatic carbocycles. The van der Waals surface area contributed by atoms with Gasteiger partial charge in [0.1, 0.15) is 5.82 Å². The van der Waals surface area contributed by atoms with E-state index in [1.54, 1.807) is 6.07 Å². The van der Waals surface area contributed by atoms with Crippen molar-refractivity contribution in [2.24, 2.45) is 0 Å². The molecule has 178 valence electrons. The first-order valence-electron chi connectivity index (χ1n) is 11.7. The van der Waals surface area contributed by atoms with Gasteiger partial charge in [-0.15, -0.1) is 0 Å². The van der Waals surface area contributed by atoms with E-state index in [1.165, 1.54) is 24.1 Å². The standard InChI is InChI=1S/C24H32Cl2N6S/c1-14-12-15(25)13-19(26)21(14)30-24(33)28-17-10-8-16(9-11-17)27-23-29-20-7-5-4-6-18(20)22(31-23)32(2)3/h12-13,16-17H,4-11H2,1-3H3,(H,27,29,31)(H2,28,30,33)/t16-,17+. The number of nitrogens with zero attached hydrogens (tertiary/aromatic N) is 3. The summed E-state index contributed by atoms with van der Waals surface area (Å²) in [6.45, 7) is 1.96. The zero-order valence-corrected chi connectivity index (χ0v) is 21.8. The number of anilines is 3. The van der Waals surface area contributed by atoms with E-state index < -0.39 is 0 Å². The maximum atomic E-state index is 6.34. The summed E-state index contributed by atoms with van der Waals surface area (Å²) in [4.78, 5) is 11.8. The molecule has 0 unspecified atom stereocenters. The lowest BCUT2D eigenvalue weighted by Gasteiger charge is -2.31. The zero-order valence-electron chi connectivity index (χ0n) is 19.5. The number of rotatable bonds is 5. The molecule has 3 N–H and O–H groups in total. The number of aryl methyl sites for hydroxylation is 2. The van der Waals surface area contributed by atoms with Crippen molar-refractivity contribution in [3.63, 3.8) is 0 Å². The van der Waals surface area contributed by atoms with Gasteiger partial charge in [0.05, 0.1) is 16.4 Å². The highest BCUT2D eigenvalue weighted by atomic mass is 35.5. The van der Waals surface area contributed by atoms with Gasteiger partial charge in [0.25, 0.3) is 0 Å². The predicted octanol–water partition coefficient (Wildman–Crippen LogP) is 5.75. The molecule has 1 aromatic heterocycles. The number of halogens is 2. The summed E-state index contributed by atoms with van der Waals surface area (Å²) in [5.41, 5.74) is 4.30. The largest absolute Gasteiger partial charge is 0.362 e. The summed E-state index contributed by atoms with van der Waals surface area (Å²) < 4.78 is 0. The third-order valence-corrected chi connectivity index (χ3v) is 7.21. The molecule has 1 aromatic carbocycles. The first-order valence-corrected chi connectivity index (χ1v) is 12.8. The highest BCUT2D eigenvalue weighted by molar-refractivity contribution is 7.80. The van der Waals surface area contributed by atoms with Gasteiger partial charge in [-0.25, -0.2) is 4.98 Å². The lowest BCUT2D eigenvalue weighted by Crippen LogP contribution is -2.42. The summed E-state index contributed by atoms with van der Waals surface area (Å²) in [7, 11) is 4.13. The molecule has 33 heavy (non-hydrogen) atoms. The van der Waals surface area contributed by atoms with Gasteiger partial charge in [0.2, 0.25) is 5.95 Å². The average molecular weight is 508 g/mol. The van der Waals surface area contributed by atoms with Crippen LogP contribution in [-0.2, 0) is 12.8 Å². The Morgan fingerprint density at radius 1 is 1.03 bits per heavy atom. The average Bonchev–Trinajstić information content (AvgIpc) is 2.77. The van der Waals surface area contributed by atoms with Gasteiger partial charge in [0, 0.05) is 36.8 Å². The Morgan fingerprint density at radius 2 is 1.73 bits per heavy atom. The van der Waals surface area contributed by atoms with Crippen LogP contribution < -0.4 is 20.9 Å². The predicted molar refractivity (Wildman–Crippen MR) is 143 cm³/mol. The maximum absolute atomic E-state index is 6.34. The second-order valence-corrected chi connectivity index (χ2v) is 10.5. The third-order valence-electron chi connectivity index (χ3n) is 6.47. The maximum Gasteiger partial charge on any atom is 0.225 e. The molecule has 0 spiro atoms. The zero-order chi connectivity index (χ0) is 23.5. The van der Waals surface area contributed by atoms with Crippen molar-refractivity contribution in [2.75, 3.05) is 29.6 Å². The van der Waals surface area contributed by atoms with E-state index in [1.807, 2.05) is 13.0 Å². The highest BCUT2D eigenvalue weighted by Gasteiger charge is 2.24. The van der Waals surface area contributed by atoms with E-state index in [-0.39, 0.29) is 0 Å². The second-order valence-electron chi connectivity index (χ2n) is 9.27. The lowest BCUT2D eigenvalue weighted by atomic mass is 9.91. The van der Waals surface area contributed by atoms with Crippen LogP contribution in [0.5, 0.6) is 0 Å². The molecule has 0 amide bonds. The van der Waals surface area contributed by atoms with Gasteiger partial charge in [0.15, 0.2) is 5.11 Å². The molecule has 9 heteroatoms. The summed E-state index contributed by atoms with van der Waals surface area (Å²) in [5, 5.41) is 12.1. The molecule has 0 atom stereocenters. The Bertz CT molecular complexity index is 997. The monoisotopic (exact) mass is 506 g/mol. The molecule has 1 heterocycles. The molecule has 6 nitrogen and oxygen atoms in total. The number of fused-ring (bicyclic) bond motifs is 1. The van der Waals surface area contributed by atoms with Crippen molar-refractivity contribution < 1.29 is 0 Å². The number of hydrogen-bond donors (Lipinski definition) is 3. The molecule has 1 saturated carbocycles. The quantitative estimate of drug-likeness (QED) is 0.446. The molecule has 0 saturated heterocycles. The summed E-state index contributed by atoms with van der Waals surface area (Å²) in [6.07, 6.45) is 8.69. The van der Waals surface area contributed by atoms with Crippen molar-refractivity contribution in [3.8, 4) is 0 Å². The topological polar surface area (TPSA) is 65.1 Å². The normalized spacial score (nSPS) is 20.0. The number of thiocarbonyl (C=S) groups is 1. The lowest BCUT2D eigenvalue weighted by molar-refractivity contribution is 0.387. The van der Waals surface area contributed by atoms with Gasteiger partial charge in [-0.1, -0.05) is 23.2 Å². The van der Waals surface area contributed by atoms with E-state index in [4.69, 9.17) is 45.4 Å². The van der Waals surface area contributed by atoms with Crippen LogP contribution in [-0.4, -0.2) is 41.3 Å². The fourth-order valence-corrected chi connectivity index (χ4v) is 5.68. The molecular formula is C24H32Cl2N6S. The molecule has 0 bridgehead atoms. The van der Waals surface area contributed by atoms with Gasteiger partial charge < -0.3 is 20.9 Å². The summed E-state index contributed by atoms with van der Waals surface area (Å²) >= 11 is 17.9. The van der Waals surface area contributed by atoms with Gasteiger partial charge in [-0.2, -0.15) is 4.98 Å². The van der Waals surface area contributed by atoms with Gasteiger partial charge >= 0.3 is 0 Å². The first kappa shape index (κ1) is 24.3. The van der Waals surface area contributed by atoms with E-state index in [0.29, 0.717) is 27.2 Å². The molecule has 1 fully saturated rings. The fraction of sp³-hybridized carbons (Fsp3) is 0.542. The smallest absolute Gasteiger partial charge is 0.225 e. The van der Waals surface area contributed by atoms with Crippen LogP contribution in [0.25, 0.3) is 0 Å². The molecule has 0 aliphatic heterocycles. The van der Waals surface area contributed by atoms with E-state index in [9.17, 15) is 0 Å².